The molecule has 0 aliphatic carbocycles. The standard InChI is InChI=1S/C10H20N2O/c1-6-8-12(4,5)9(3)11-10(13)7-2/h7,9H,2,6,8H2,1,3-5H3/p+1. The van der Waals surface area contributed by atoms with Gasteiger partial charge in [-0.05, 0) is 12.5 Å². The largest absolute Gasteiger partial charge is 0.309 e. The van der Waals surface area contributed by atoms with Crippen molar-refractivity contribution in [2.75, 3.05) is 20.6 Å². The second-order valence-corrected chi connectivity index (χ2v) is 3.89. The molecule has 1 N–H and O–H groups in total. The summed E-state index contributed by atoms with van der Waals surface area (Å²) >= 11 is 0. The van der Waals surface area contributed by atoms with Gasteiger partial charge in [0.2, 0.25) is 5.91 Å². The summed E-state index contributed by atoms with van der Waals surface area (Å²) in [6, 6.07) is 0. The second-order valence-electron chi connectivity index (χ2n) is 3.89. The highest BCUT2D eigenvalue weighted by atomic mass is 16.1. The van der Waals surface area contributed by atoms with Crippen molar-refractivity contribution in [1.29, 1.82) is 0 Å². The molecule has 0 radical (unpaired) electrons. The molecule has 1 amide bonds. The number of amides is 1. The molecule has 13 heavy (non-hydrogen) atoms. The summed E-state index contributed by atoms with van der Waals surface area (Å²) in [7, 11) is 4.22. The number of nitrogens with zero attached hydrogens (tertiary/aromatic N) is 1. The molecule has 0 rings (SSSR count). The maximum Gasteiger partial charge on any atom is 0.247 e. The topological polar surface area (TPSA) is 29.1 Å². The van der Waals surface area contributed by atoms with E-state index in [-0.39, 0.29) is 12.1 Å². The second kappa shape index (κ2) is 5.02. The molecule has 0 saturated carbocycles. The molecule has 1 unspecified atom stereocenters. The summed E-state index contributed by atoms with van der Waals surface area (Å²) in [4.78, 5) is 11.0. The van der Waals surface area contributed by atoms with Crippen molar-refractivity contribution in [3.05, 3.63) is 12.7 Å². The molecule has 0 aromatic carbocycles. The van der Waals surface area contributed by atoms with Crippen LogP contribution in [0.4, 0.5) is 0 Å². The zero-order valence-corrected chi connectivity index (χ0v) is 9.13. The Morgan fingerprint density at radius 1 is 1.62 bits per heavy atom. The van der Waals surface area contributed by atoms with E-state index in [1.54, 1.807) is 0 Å². The normalized spacial score (nSPS) is 13.5. The molecule has 0 aromatic rings. The molecular formula is C10H21N2O+. The van der Waals surface area contributed by atoms with Crippen LogP contribution < -0.4 is 5.32 Å². The molecule has 0 fully saturated rings. The van der Waals surface area contributed by atoms with Gasteiger partial charge in [0.1, 0.15) is 0 Å². The molecule has 0 bridgehead atoms. The van der Waals surface area contributed by atoms with Crippen molar-refractivity contribution in [3.63, 3.8) is 0 Å². The van der Waals surface area contributed by atoms with E-state index in [0.717, 1.165) is 17.4 Å². The minimum Gasteiger partial charge on any atom is -0.309 e. The average Bonchev–Trinajstić information content (AvgIpc) is 2.04. The molecule has 0 aromatic heterocycles. The predicted octanol–water partition coefficient (Wildman–Crippen LogP) is 1.12. The van der Waals surface area contributed by atoms with E-state index in [1.807, 2.05) is 6.92 Å². The van der Waals surface area contributed by atoms with Crippen LogP contribution in [0.1, 0.15) is 20.3 Å². The summed E-state index contributed by atoms with van der Waals surface area (Å²) in [6.45, 7) is 8.63. The first-order chi connectivity index (χ1) is 5.94. The fraction of sp³-hybridized carbons (Fsp3) is 0.700. The SMILES string of the molecule is C=CC(=O)NC(C)[N+](C)(C)CCC. The van der Waals surface area contributed by atoms with E-state index in [2.05, 4.69) is 32.9 Å². The number of carbonyl (C=O) groups is 1. The first kappa shape index (κ1) is 12.2. The lowest BCUT2D eigenvalue weighted by atomic mass is 10.3. The van der Waals surface area contributed by atoms with Crippen LogP contribution >= 0.6 is 0 Å². The van der Waals surface area contributed by atoms with E-state index in [1.165, 1.54) is 6.08 Å². The van der Waals surface area contributed by atoms with Gasteiger partial charge in [-0.15, -0.1) is 0 Å². The van der Waals surface area contributed by atoms with Crippen LogP contribution in [0.3, 0.4) is 0 Å². The molecule has 76 valence electrons. The van der Waals surface area contributed by atoms with Crippen molar-refractivity contribution in [1.82, 2.24) is 5.32 Å². The third kappa shape index (κ3) is 4.08. The maximum absolute atomic E-state index is 11.0. The third-order valence-electron chi connectivity index (χ3n) is 2.38. The molecule has 0 heterocycles. The lowest BCUT2D eigenvalue weighted by Gasteiger charge is -2.35. The van der Waals surface area contributed by atoms with Crippen molar-refractivity contribution in [3.8, 4) is 0 Å². The van der Waals surface area contributed by atoms with Crippen LogP contribution in [0.5, 0.6) is 0 Å². The summed E-state index contributed by atoms with van der Waals surface area (Å²) in [5.41, 5.74) is 0. The van der Waals surface area contributed by atoms with Gasteiger partial charge in [-0.25, -0.2) is 0 Å². The highest BCUT2D eigenvalue weighted by Gasteiger charge is 2.23. The van der Waals surface area contributed by atoms with Gasteiger partial charge in [0, 0.05) is 6.92 Å². The van der Waals surface area contributed by atoms with Crippen LogP contribution in [0, 0.1) is 0 Å². The minimum absolute atomic E-state index is 0.102. The molecule has 0 spiro atoms. The van der Waals surface area contributed by atoms with Crippen molar-refractivity contribution in [2.24, 2.45) is 0 Å². The van der Waals surface area contributed by atoms with Crippen molar-refractivity contribution < 1.29 is 9.28 Å². The van der Waals surface area contributed by atoms with Gasteiger partial charge >= 0.3 is 0 Å². The Morgan fingerprint density at radius 2 is 2.15 bits per heavy atom. The number of quaternary nitrogens is 1. The monoisotopic (exact) mass is 185 g/mol. The van der Waals surface area contributed by atoms with E-state index < -0.39 is 0 Å². The van der Waals surface area contributed by atoms with Crippen LogP contribution in [0.2, 0.25) is 0 Å². The number of rotatable bonds is 5. The highest BCUT2D eigenvalue weighted by Crippen LogP contribution is 2.04. The lowest BCUT2D eigenvalue weighted by molar-refractivity contribution is -0.915. The van der Waals surface area contributed by atoms with E-state index in [0.29, 0.717) is 0 Å². The van der Waals surface area contributed by atoms with Gasteiger partial charge in [0.05, 0.1) is 20.6 Å². The van der Waals surface area contributed by atoms with Gasteiger partial charge in [-0.3, -0.25) is 4.79 Å². The summed E-state index contributed by atoms with van der Waals surface area (Å²) in [5.74, 6) is -0.102. The lowest BCUT2D eigenvalue weighted by Crippen LogP contribution is -2.56. The first-order valence-electron chi connectivity index (χ1n) is 4.69. The summed E-state index contributed by atoms with van der Waals surface area (Å²) in [5, 5.41) is 2.87. The van der Waals surface area contributed by atoms with Gasteiger partial charge in [-0.2, -0.15) is 0 Å². The van der Waals surface area contributed by atoms with E-state index >= 15 is 0 Å². The van der Waals surface area contributed by atoms with E-state index in [4.69, 9.17) is 0 Å². The first-order valence-corrected chi connectivity index (χ1v) is 4.69. The maximum atomic E-state index is 11.0. The van der Waals surface area contributed by atoms with Crippen molar-refractivity contribution in [2.45, 2.75) is 26.4 Å². The Hall–Kier alpha value is -0.830. The average molecular weight is 185 g/mol. The summed E-state index contributed by atoms with van der Waals surface area (Å²) < 4.78 is 0.802. The smallest absolute Gasteiger partial charge is 0.247 e. The Bertz CT molecular complexity index is 187. The molecule has 0 aliphatic rings. The fourth-order valence-corrected chi connectivity index (χ4v) is 1.21. The molecule has 0 aliphatic heterocycles. The molecule has 3 heteroatoms. The molecular weight excluding hydrogens is 164 g/mol. The molecule has 0 saturated heterocycles. The van der Waals surface area contributed by atoms with Gasteiger partial charge in [0.15, 0.2) is 6.17 Å². The number of hydrogen-bond donors (Lipinski definition) is 1. The Balaban J connectivity index is 4.14. The Morgan fingerprint density at radius 3 is 2.54 bits per heavy atom. The van der Waals surface area contributed by atoms with Crippen LogP contribution in [0.25, 0.3) is 0 Å². The number of hydrogen-bond acceptors (Lipinski definition) is 1. The molecule has 3 nitrogen and oxygen atoms in total. The molecule has 1 atom stereocenters. The van der Waals surface area contributed by atoms with E-state index in [9.17, 15) is 4.79 Å². The Kier molecular flexibility index (Phi) is 4.70. The fourth-order valence-electron chi connectivity index (χ4n) is 1.21. The van der Waals surface area contributed by atoms with Crippen LogP contribution in [0.15, 0.2) is 12.7 Å². The van der Waals surface area contributed by atoms with Gasteiger partial charge in [-0.1, -0.05) is 13.5 Å². The number of carbonyl (C=O) groups excluding carboxylic acids is 1. The zero-order valence-electron chi connectivity index (χ0n) is 9.13. The summed E-state index contributed by atoms with van der Waals surface area (Å²) in [6.07, 6.45) is 2.55. The van der Waals surface area contributed by atoms with Gasteiger partial charge in [0.25, 0.3) is 0 Å². The predicted molar refractivity (Wildman–Crippen MR) is 55.1 cm³/mol. The van der Waals surface area contributed by atoms with Crippen LogP contribution in [-0.2, 0) is 4.79 Å². The third-order valence-corrected chi connectivity index (χ3v) is 2.38. The van der Waals surface area contributed by atoms with Gasteiger partial charge < -0.3 is 9.80 Å². The quantitative estimate of drug-likeness (QED) is 0.388. The minimum atomic E-state index is -0.102. The zero-order chi connectivity index (χ0) is 10.5. The van der Waals surface area contributed by atoms with Crippen molar-refractivity contribution >= 4 is 5.91 Å². The Labute approximate surface area is 81.0 Å². The highest BCUT2D eigenvalue weighted by molar-refractivity contribution is 5.86. The van der Waals surface area contributed by atoms with Crippen LogP contribution in [-0.4, -0.2) is 37.2 Å². The number of nitrogens with one attached hydrogen (secondary N) is 1.